The molecule has 0 saturated heterocycles. The molecular weight excluding hydrogens is 534 g/mol. The van der Waals surface area contributed by atoms with Gasteiger partial charge in [-0.05, 0) is 83.8 Å². The van der Waals surface area contributed by atoms with E-state index >= 15 is 0 Å². The first-order valence-electron chi connectivity index (χ1n) is 12.1. The number of hydrogen-bond acceptors (Lipinski definition) is 3. The molecule has 9 heteroatoms. The molecule has 1 heterocycles. The summed E-state index contributed by atoms with van der Waals surface area (Å²) in [4.78, 5) is 14.1. The van der Waals surface area contributed by atoms with Crippen LogP contribution in [0.15, 0.2) is 73.0 Å². The summed E-state index contributed by atoms with van der Waals surface area (Å²) in [5, 5.41) is 5.93. The molecule has 1 amide bonds. The zero-order valence-electron chi connectivity index (χ0n) is 22.4. The summed E-state index contributed by atoms with van der Waals surface area (Å²) >= 11 is 11.8. The molecule has 1 aromatic heterocycles. The van der Waals surface area contributed by atoms with Crippen molar-refractivity contribution in [3.63, 3.8) is 0 Å². The number of alkyl halides is 3. The van der Waals surface area contributed by atoms with E-state index in [1.807, 2.05) is 52.0 Å². The van der Waals surface area contributed by atoms with Gasteiger partial charge in [0.15, 0.2) is 0 Å². The summed E-state index contributed by atoms with van der Waals surface area (Å²) in [5.41, 5.74) is 0.0317. The fraction of sp³-hybridized carbons (Fsp3) is 0.379. The third-order valence-corrected chi connectivity index (χ3v) is 6.09. The van der Waals surface area contributed by atoms with Gasteiger partial charge in [-0.3, -0.25) is 9.78 Å². The highest BCUT2D eigenvalue weighted by Crippen LogP contribution is 2.40. The number of amides is 1. The van der Waals surface area contributed by atoms with Crippen molar-refractivity contribution in [3.05, 3.63) is 99.9 Å². The third kappa shape index (κ3) is 10.6. The average molecular weight is 571 g/mol. The van der Waals surface area contributed by atoms with Crippen molar-refractivity contribution in [1.82, 2.24) is 15.6 Å². The van der Waals surface area contributed by atoms with E-state index in [0.29, 0.717) is 42.0 Å². The van der Waals surface area contributed by atoms with Gasteiger partial charge in [-0.1, -0.05) is 65.7 Å². The number of allylic oxidation sites excluding steroid dienone is 5. The molecular formula is C29H36Cl2F3N3O. The van der Waals surface area contributed by atoms with Crippen molar-refractivity contribution in [2.75, 3.05) is 7.05 Å². The summed E-state index contributed by atoms with van der Waals surface area (Å²) in [6.45, 7) is 11.8. The number of rotatable bonds is 10. The third-order valence-electron chi connectivity index (χ3n) is 5.53. The highest BCUT2D eigenvalue weighted by molar-refractivity contribution is 6.31. The first-order chi connectivity index (χ1) is 17.7. The Morgan fingerprint density at radius 3 is 2.26 bits per heavy atom. The molecule has 0 radical (unpaired) electrons. The van der Waals surface area contributed by atoms with Crippen LogP contribution >= 0.6 is 23.2 Å². The molecule has 2 rings (SSSR count). The molecule has 1 aromatic carbocycles. The number of benzene rings is 1. The lowest BCUT2D eigenvalue weighted by Crippen LogP contribution is -2.42. The number of halogens is 5. The molecule has 0 aliphatic rings. The van der Waals surface area contributed by atoms with E-state index in [2.05, 4.69) is 22.2 Å². The van der Waals surface area contributed by atoms with Crippen LogP contribution in [0.3, 0.4) is 0 Å². The molecule has 38 heavy (non-hydrogen) atoms. The summed E-state index contributed by atoms with van der Waals surface area (Å²) < 4.78 is 40.6. The fourth-order valence-corrected chi connectivity index (χ4v) is 3.93. The van der Waals surface area contributed by atoms with Crippen molar-refractivity contribution < 1.29 is 18.0 Å². The summed E-state index contributed by atoms with van der Waals surface area (Å²) in [5.74, 6) is 0. The Morgan fingerprint density at radius 1 is 1.11 bits per heavy atom. The SMILES string of the molecule is C=C(/C=C\C=C/C)CCCC(NC)(c1ccc(Cl)c(C(F)(F)F)c1)c1ccc(Cl)cn1.CC(C)(C)NC=O. The number of carbonyl (C=O) groups excluding carboxylic acids is 1. The normalized spacial score (nSPS) is 13.6. The first-order valence-corrected chi connectivity index (χ1v) is 12.8. The van der Waals surface area contributed by atoms with Gasteiger partial charge in [-0.2, -0.15) is 13.2 Å². The molecule has 0 aliphatic heterocycles. The van der Waals surface area contributed by atoms with E-state index in [9.17, 15) is 18.0 Å². The van der Waals surface area contributed by atoms with Crippen LogP contribution in [-0.4, -0.2) is 24.0 Å². The van der Waals surface area contributed by atoms with E-state index in [1.54, 1.807) is 25.2 Å². The van der Waals surface area contributed by atoms with Gasteiger partial charge in [0.25, 0.3) is 0 Å². The second-order valence-corrected chi connectivity index (χ2v) is 10.5. The molecule has 0 saturated carbocycles. The highest BCUT2D eigenvalue weighted by atomic mass is 35.5. The van der Waals surface area contributed by atoms with Gasteiger partial charge in [0.1, 0.15) is 0 Å². The van der Waals surface area contributed by atoms with Crippen molar-refractivity contribution in [2.24, 2.45) is 0 Å². The van der Waals surface area contributed by atoms with E-state index in [0.717, 1.165) is 11.6 Å². The van der Waals surface area contributed by atoms with Gasteiger partial charge >= 0.3 is 6.18 Å². The van der Waals surface area contributed by atoms with E-state index in [1.165, 1.54) is 12.3 Å². The smallest absolute Gasteiger partial charge is 0.354 e. The van der Waals surface area contributed by atoms with E-state index in [4.69, 9.17) is 23.2 Å². The monoisotopic (exact) mass is 569 g/mol. The molecule has 1 unspecified atom stereocenters. The zero-order valence-corrected chi connectivity index (χ0v) is 23.9. The minimum absolute atomic E-state index is 0.0677. The highest BCUT2D eigenvalue weighted by Gasteiger charge is 2.38. The van der Waals surface area contributed by atoms with Crippen LogP contribution in [0.4, 0.5) is 13.2 Å². The zero-order chi connectivity index (χ0) is 29.0. The molecule has 4 nitrogen and oxygen atoms in total. The van der Waals surface area contributed by atoms with Crippen LogP contribution in [-0.2, 0) is 16.5 Å². The number of nitrogens with one attached hydrogen (secondary N) is 2. The number of pyridine rings is 1. The topological polar surface area (TPSA) is 54.0 Å². The van der Waals surface area contributed by atoms with Crippen molar-refractivity contribution in [3.8, 4) is 0 Å². The Labute approximate surface area is 234 Å². The molecule has 0 bridgehead atoms. The summed E-state index contributed by atoms with van der Waals surface area (Å²) in [7, 11) is 1.71. The maximum absolute atomic E-state index is 13.5. The Bertz CT molecular complexity index is 1110. The minimum atomic E-state index is -4.56. The summed E-state index contributed by atoms with van der Waals surface area (Å²) in [6, 6.07) is 7.37. The van der Waals surface area contributed by atoms with Crippen LogP contribution in [0.2, 0.25) is 10.0 Å². The van der Waals surface area contributed by atoms with Gasteiger partial charge in [-0.25, -0.2) is 0 Å². The number of aromatic nitrogens is 1. The Hall–Kier alpha value is -2.61. The van der Waals surface area contributed by atoms with Crippen LogP contribution < -0.4 is 10.6 Å². The van der Waals surface area contributed by atoms with Gasteiger partial charge in [0.2, 0.25) is 6.41 Å². The van der Waals surface area contributed by atoms with Gasteiger partial charge in [0.05, 0.1) is 26.8 Å². The lowest BCUT2D eigenvalue weighted by atomic mass is 9.80. The fourth-order valence-electron chi connectivity index (χ4n) is 3.60. The number of carbonyl (C=O) groups is 1. The predicted molar refractivity (Wildman–Crippen MR) is 151 cm³/mol. The Balaban J connectivity index is 0.000000905. The van der Waals surface area contributed by atoms with Gasteiger partial charge in [0, 0.05) is 11.7 Å². The van der Waals surface area contributed by atoms with Crippen molar-refractivity contribution >= 4 is 29.6 Å². The predicted octanol–water partition coefficient (Wildman–Crippen LogP) is 8.26. The maximum atomic E-state index is 13.5. The van der Waals surface area contributed by atoms with Gasteiger partial charge in [-0.15, -0.1) is 0 Å². The standard InChI is InChI=1S/C24H25Cl2F3N2.C5H11NO/c1-4-5-6-8-17(2)9-7-14-23(30-3,22-13-11-19(25)16-31-22)18-10-12-21(26)20(15-18)24(27,28)29;1-5(2,3)6-4-7/h4-6,8,10-13,15-16,30H,2,7,9,14H2,1,3H3;4H,1-3H3,(H,6,7)/b5-4-,8-6-;. The molecule has 1 atom stereocenters. The lowest BCUT2D eigenvalue weighted by Gasteiger charge is -2.34. The van der Waals surface area contributed by atoms with E-state index in [-0.39, 0.29) is 10.6 Å². The minimum Gasteiger partial charge on any atom is -0.354 e. The second kappa shape index (κ2) is 15.1. The first kappa shape index (κ1) is 33.4. The van der Waals surface area contributed by atoms with Crippen LogP contribution in [0, 0.1) is 0 Å². The van der Waals surface area contributed by atoms with Crippen molar-refractivity contribution in [2.45, 2.75) is 64.2 Å². The van der Waals surface area contributed by atoms with Gasteiger partial charge < -0.3 is 10.6 Å². The quantitative estimate of drug-likeness (QED) is 0.223. The molecule has 0 spiro atoms. The number of nitrogens with zero attached hydrogens (tertiary/aromatic N) is 1. The van der Waals surface area contributed by atoms with Crippen molar-refractivity contribution in [1.29, 1.82) is 0 Å². The maximum Gasteiger partial charge on any atom is 0.417 e. The lowest BCUT2D eigenvalue weighted by molar-refractivity contribution is -0.137. The Morgan fingerprint density at radius 2 is 1.79 bits per heavy atom. The largest absolute Gasteiger partial charge is 0.417 e. The van der Waals surface area contributed by atoms with Crippen LogP contribution in [0.1, 0.15) is 63.8 Å². The average Bonchev–Trinajstić information content (AvgIpc) is 2.82. The second-order valence-electron chi connectivity index (χ2n) is 9.62. The molecule has 208 valence electrons. The summed E-state index contributed by atoms with van der Waals surface area (Å²) in [6.07, 6.45) is 7.14. The number of hydrogen-bond donors (Lipinski definition) is 2. The molecule has 2 aromatic rings. The van der Waals surface area contributed by atoms with E-state index < -0.39 is 17.3 Å². The molecule has 2 N–H and O–H groups in total. The molecule has 0 fully saturated rings. The molecule has 0 aliphatic carbocycles. The Kier molecular flexibility index (Phi) is 13.3. The van der Waals surface area contributed by atoms with Crippen LogP contribution in [0.5, 0.6) is 0 Å². The van der Waals surface area contributed by atoms with Crippen LogP contribution in [0.25, 0.3) is 0 Å².